The zero-order valence-corrected chi connectivity index (χ0v) is 86.2. The summed E-state index contributed by atoms with van der Waals surface area (Å²) in [6.45, 7) is 28.6. The maximum absolute atomic E-state index is 15.0. The van der Waals surface area contributed by atoms with Crippen LogP contribution in [0.4, 0.5) is 51.7 Å². The Bertz CT molecular complexity index is 6600. The third-order valence-corrected chi connectivity index (χ3v) is 30.2. The molecule has 23 heteroatoms. The molecule has 12 aromatic carbocycles. The molecule has 7 saturated heterocycles. The van der Waals surface area contributed by atoms with Crippen molar-refractivity contribution in [1.82, 2.24) is 24.5 Å². The monoisotopic (exact) mass is 1980 g/mol. The molecule has 0 unspecified atom stereocenters. The zero-order valence-electron chi connectivity index (χ0n) is 86.2. The van der Waals surface area contributed by atoms with Gasteiger partial charge in [-0.15, -0.1) is 0 Å². The summed E-state index contributed by atoms with van der Waals surface area (Å²) in [6, 6.07) is 82.0. The molecule has 0 aromatic heterocycles. The highest BCUT2D eigenvalue weighted by Gasteiger charge is 2.46. The fourth-order valence-corrected chi connectivity index (χ4v) is 22.3. The van der Waals surface area contributed by atoms with Crippen LogP contribution in [0.3, 0.4) is 0 Å². The van der Waals surface area contributed by atoms with Gasteiger partial charge in [0.1, 0.15) is 23.3 Å². The minimum Gasteiger partial charge on any atom is -0.372 e. The Morgan fingerprint density at radius 2 is 0.599 bits per heavy atom. The molecule has 764 valence electrons. The molecule has 7 aliphatic rings. The molecule has 0 aliphatic carbocycles. The van der Waals surface area contributed by atoms with Gasteiger partial charge in [-0.3, -0.25) is 43.3 Å². The number of nitrogens with one attached hydrogen (secondary N) is 4. The second kappa shape index (κ2) is 48.3. The molecule has 0 spiro atoms. The van der Waals surface area contributed by atoms with Crippen LogP contribution in [0.2, 0.25) is 0 Å². The van der Waals surface area contributed by atoms with E-state index >= 15 is 0 Å². The Balaban J connectivity index is 0.000000141. The summed E-state index contributed by atoms with van der Waals surface area (Å²) in [5.41, 5.74) is 17.1. The Kier molecular flexibility index (Phi) is 34.7. The third-order valence-electron chi connectivity index (χ3n) is 30.2. The molecule has 7 aliphatic heterocycles. The van der Waals surface area contributed by atoms with Crippen molar-refractivity contribution >= 4 is 81.4 Å². The predicted octanol–water partition coefficient (Wildman–Crippen LogP) is 25.5. The summed E-state index contributed by atoms with van der Waals surface area (Å²) in [6.07, 6.45) is 12.5. The second-order valence-corrected chi connectivity index (χ2v) is 41.5. The molecule has 0 bridgehead atoms. The molecule has 7 heterocycles. The fourth-order valence-electron chi connectivity index (χ4n) is 22.3. The van der Waals surface area contributed by atoms with Crippen LogP contribution in [0.15, 0.2) is 273 Å². The van der Waals surface area contributed by atoms with E-state index in [0.717, 1.165) is 124 Å². The van der Waals surface area contributed by atoms with Gasteiger partial charge >= 0.3 is 0 Å². The first-order valence-electron chi connectivity index (χ1n) is 52.3. The number of benzene rings is 12. The van der Waals surface area contributed by atoms with Crippen molar-refractivity contribution in [2.24, 2.45) is 23.7 Å². The Morgan fingerprint density at radius 1 is 0.279 bits per heavy atom. The normalized spacial score (nSPS) is 19.4. The molecule has 19 rings (SSSR count). The second-order valence-electron chi connectivity index (χ2n) is 41.5. The number of hydrogen-bond donors (Lipinski definition) is 4. The largest absolute Gasteiger partial charge is 0.372 e. The molecule has 7 fully saturated rings. The lowest BCUT2D eigenvalue weighted by Gasteiger charge is -2.41. The van der Waals surface area contributed by atoms with Crippen LogP contribution in [0.1, 0.15) is 249 Å². The molecule has 19 nitrogen and oxygen atoms in total. The Morgan fingerprint density at radius 3 is 0.959 bits per heavy atom. The maximum atomic E-state index is 15.0. The quantitative estimate of drug-likeness (QED) is 0.0528. The summed E-state index contributed by atoms with van der Waals surface area (Å²) < 4.78 is 59.3. The average molecular weight is 1990 g/mol. The van der Waals surface area contributed by atoms with Gasteiger partial charge in [-0.25, -0.2) is 17.6 Å². The minimum absolute atomic E-state index is 0.0498. The molecule has 0 saturated carbocycles. The number of carbonyl (C=O) groups is 8. The number of piperidine rings is 4. The van der Waals surface area contributed by atoms with Crippen LogP contribution >= 0.6 is 0 Å². The number of amides is 8. The summed E-state index contributed by atoms with van der Waals surface area (Å²) >= 11 is 0. The van der Waals surface area contributed by atoms with Crippen molar-refractivity contribution in [2.45, 2.75) is 195 Å². The van der Waals surface area contributed by atoms with E-state index in [-0.39, 0.29) is 74.9 Å². The van der Waals surface area contributed by atoms with Crippen molar-refractivity contribution in [1.29, 1.82) is 0 Å². The molecule has 0 radical (unpaired) electrons. The first-order valence-corrected chi connectivity index (χ1v) is 52.3. The van der Waals surface area contributed by atoms with E-state index in [0.29, 0.717) is 99.8 Å². The maximum Gasteiger partial charge on any atom is 0.257 e. The van der Waals surface area contributed by atoms with Gasteiger partial charge in [0.25, 0.3) is 23.6 Å². The predicted molar refractivity (Wildman–Crippen MR) is 577 cm³/mol. The van der Waals surface area contributed by atoms with Crippen molar-refractivity contribution in [3.05, 3.63) is 391 Å². The summed E-state index contributed by atoms with van der Waals surface area (Å²) in [5, 5.41) is 12.4. The lowest BCUT2D eigenvalue weighted by molar-refractivity contribution is -0.124. The van der Waals surface area contributed by atoms with E-state index in [1.807, 2.05) is 172 Å². The van der Waals surface area contributed by atoms with E-state index in [2.05, 4.69) is 105 Å². The number of nitrogens with zero attached hydrogens (tertiary/aromatic N) is 7. The number of likely N-dealkylation sites (tertiary alicyclic amines) is 5. The molecule has 4 N–H and O–H groups in total. The highest BCUT2D eigenvalue weighted by Crippen LogP contribution is 2.46. The Hall–Kier alpha value is -14.3. The number of carbonyl (C=O) groups excluding carboxylic acids is 8. The highest BCUT2D eigenvalue weighted by atomic mass is 19.1. The molecule has 12 aromatic rings. The van der Waals surface area contributed by atoms with Crippen LogP contribution in [0.25, 0.3) is 0 Å². The van der Waals surface area contributed by atoms with Gasteiger partial charge in [-0.1, -0.05) is 203 Å². The summed E-state index contributed by atoms with van der Waals surface area (Å²) in [4.78, 5) is 124. The number of anilines is 6. The number of aryl methyl sites for hydroxylation is 7. The summed E-state index contributed by atoms with van der Waals surface area (Å²) in [7, 11) is 0. The van der Waals surface area contributed by atoms with Gasteiger partial charge < -0.3 is 50.7 Å². The molecule has 147 heavy (non-hydrogen) atoms. The first kappa shape index (κ1) is 105. The van der Waals surface area contributed by atoms with Gasteiger partial charge in [0.05, 0.1) is 70.1 Å². The molecular weight excluding hydrogens is 1850 g/mol. The van der Waals surface area contributed by atoms with Gasteiger partial charge in [-0.2, -0.15) is 0 Å². The van der Waals surface area contributed by atoms with Crippen LogP contribution in [-0.2, 0) is 31.1 Å². The Labute approximate surface area is 862 Å². The zero-order chi connectivity index (χ0) is 104. The fraction of sp³-hybridized carbons (Fsp3) is 0.355. The van der Waals surface area contributed by atoms with Gasteiger partial charge in [0.15, 0.2) is 0 Å². The van der Waals surface area contributed by atoms with Crippen molar-refractivity contribution < 1.29 is 55.9 Å². The number of rotatable bonds is 20. The van der Waals surface area contributed by atoms with Gasteiger partial charge in [-0.05, 0) is 320 Å². The third kappa shape index (κ3) is 25.3. The van der Waals surface area contributed by atoms with E-state index in [1.165, 1.54) is 68.4 Å². The lowest BCUT2D eigenvalue weighted by Crippen LogP contribution is -2.46. The van der Waals surface area contributed by atoms with Crippen LogP contribution < -0.4 is 31.1 Å². The van der Waals surface area contributed by atoms with Crippen LogP contribution in [0, 0.1) is 95.4 Å². The summed E-state index contributed by atoms with van der Waals surface area (Å²) in [5.74, 6) is -5.90. The number of halogens is 4. The molecule has 8 amide bonds. The standard InChI is InChI=1S/C35H42FN3O2.C34H39FN4O2.C28H29FN2O2.C27H27FN2O2/c1-24-10-7-14-30(36)31(24)34(41)39-21-9-13-29(33(40)37-28-12-8-11-27(22-28)35(2,3)4)32(39)26-17-15-25(16-18-26)23-38-19-5-6-20-38;1-24-9-6-13-30(35)31(24)34(41)39-22-8-12-29(32(39)25-14-16-27(17-15-25)37-18-2-3-19-37)33(40)36-26-10-7-11-28(23-26)38-20-4-5-21-38;1-18-14-15-22(17-20(18)3)30-27(32)23-12-8-16-31(26(23)21-10-5-4-6-11-21)28(33)25-19(2)9-7-13-24(25)29;1-18-9-6-13-21(17-18)29-26(31)22-14-8-16-30(25(22)20-11-4-3-5-12-20)27(32)24-19(2)10-7-15-23(24)28/h7-8,10-12,14-18,22,29,32H,5-6,9,13,19-21,23H2,1-4H3,(H,37,40);6-7,9-11,13-17,23,29,32H,2-5,8,12,18-22H2,1H3,(H,36,40);4-7,9-11,13-15,17,23,26H,8,12,16H2,1-3H3,(H,30,32);3-7,9-13,15,17,22,25H,8,14,16H2,1-2H3,(H,29,31)/t2*29-,32-;23-,26-;22-,25-/m0000/s1. The average Bonchev–Trinajstić information content (AvgIpc) is 1.28. The van der Waals surface area contributed by atoms with Gasteiger partial charge in [0, 0.05) is 93.0 Å². The van der Waals surface area contributed by atoms with Crippen molar-refractivity contribution in [2.75, 3.05) is 96.5 Å². The topological polar surface area (TPSA) is 207 Å². The van der Waals surface area contributed by atoms with Crippen molar-refractivity contribution in [3.63, 3.8) is 0 Å². The van der Waals surface area contributed by atoms with Crippen LogP contribution in [-0.4, -0.2) is 137 Å². The van der Waals surface area contributed by atoms with Crippen LogP contribution in [0.5, 0.6) is 0 Å². The van der Waals surface area contributed by atoms with Gasteiger partial charge in [0.2, 0.25) is 23.6 Å². The lowest BCUT2D eigenvalue weighted by atomic mass is 9.82. The SMILES string of the molecule is Cc1ccc(NC(=O)[C@H]2CCCN(C(=O)c3c(C)cccc3F)[C@H]2c2ccccc2)cc1C.Cc1cccc(F)c1C(=O)N1CCC[C@H](C(=O)Nc2cccc(C(C)(C)C)c2)[C@@H]1c1ccc(CN2CCCC2)cc1.Cc1cccc(F)c1C(=O)N1CCC[C@H](C(=O)Nc2cccc(N3CCCC3)c2)[C@@H]1c1ccc(N2CCCC2)cc1.Cc1cccc(NC(=O)[C@H]2CCCN(C(=O)c3c(C)cccc3F)[C@H]2c2ccccc2)c1. The molecule has 8 atom stereocenters. The smallest absolute Gasteiger partial charge is 0.257 e. The molecular formula is C124H137F4N11O8. The van der Waals surface area contributed by atoms with Crippen molar-refractivity contribution in [3.8, 4) is 0 Å². The van der Waals surface area contributed by atoms with E-state index in [4.69, 9.17) is 0 Å². The van der Waals surface area contributed by atoms with E-state index < -0.39 is 71.1 Å². The number of hydrogen-bond acceptors (Lipinski definition) is 11. The first-order chi connectivity index (χ1) is 70.9. The highest BCUT2D eigenvalue weighted by molar-refractivity contribution is 6.02. The van der Waals surface area contributed by atoms with E-state index in [1.54, 1.807) is 95.8 Å². The van der Waals surface area contributed by atoms with E-state index in [9.17, 15) is 55.9 Å². The minimum atomic E-state index is -0.534.